The number of hydrogen-bond acceptors (Lipinski definition) is 5. The van der Waals surface area contributed by atoms with Gasteiger partial charge in [-0.3, -0.25) is 4.79 Å². The summed E-state index contributed by atoms with van der Waals surface area (Å²) in [5, 5.41) is 6.71. The van der Waals surface area contributed by atoms with Crippen LogP contribution in [0.15, 0.2) is 30.3 Å². The van der Waals surface area contributed by atoms with Crippen LogP contribution in [-0.4, -0.2) is 27.2 Å². The molecule has 2 aromatic carbocycles. The first-order valence-electron chi connectivity index (χ1n) is 7.24. The Balaban J connectivity index is 2.05. The molecule has 0 aliphatic carbocycles. The highest BCUT2D eigenvalue weighted by atomic mass is 35.5. The largest absolute Gasteiger partial charge is 0.493 e. The molecular weight excluding hydrogens is 332 g/mol. The lowest BCUT2D eigenvalue weighted by Gasteiger charge is -2.29. The van der Waals surface area contributed by atoms with Crippen LogP contribution in [0.3, 0.4) is 0 Å². The molecule has 0 bridgehead atoms. The summed E-state index contributed by atoms with van der Waals surface area (Å²) >= 11 is 6.03. The molecule has 7 heteroatoms. The summed E-state index contributed by atoms with van der Waals surface area (Å²) in [7, 11) is 4.62. The Kier molecular flexibility index (Phi) is 4.40. The highest BCUT2D eigenvalue weighted by Crippen LogP contribution is 2.43. The first-order valence-corrected chi connectivity index (χ1v) is 7.62. The Morgan fingerprint density at radius 3 is 2.38 bits per heavy atom. The van der Waals surface area contributed by atoms with Gasteiger partial charge < -0.3 is 24.8 Å². The van der Waals surface area contributed by atoms with Gasteiger partial charge in [0, 0.05) is 10.6 Å². The fraction of sp³-hybridized carbons (Fsp3) is 0.235. The lowest BCUT2D eigenvalue weighted by molar-refractivity contribution is 0.0935. The van der Waals surface area contributed by atoms with Gasteiger partial charge in [-0.2, -0.15) is 0 Å². The number of methoxy groups -OCH3 is 3. The Labute approximate surface area is 144 Å². The predicted molar refractivity (Wildman–Crippen MR) is 91.4 cm³/mol. The van der Waals surface area contributed by atoms with Crippen molar-refractivity contribution in [3.8, 4) is 17.2 Å². The number of anilines is 1. The van der Waals surface area contributed by atoms with Crippen LogP contribution in [0.2, 0.25) is 5.02 Å². The number of rotatable bonds is 4. The smallest absolute Gasteiger partial charge is 0.255 e. The number of carbonyl (C=O) groups is 1. The molecule has 1 amide bonds. The van der Waals surface area contributed by atoms with E-state index in [1.165, 1.54) is 14.2 Å². The molecule has 0 fully saturated rings. The van der Waals surface area contributed by atoms with Gasteiger partial charge in [-0.15, -0.1) is 0 Å². The van der Waals surface area contributed by atoms with Crippen LogP contribution in [0.25, 0.3) is 0 Å². The second kappa shape index (κ2) is 6.49. The minimum absolute atomic E-state index is 0.192. The van der Waals surface area contributed by atoms with Crippen LogP contribution >= 0.6 is 11.6 Å². The highest BCUT2D eigenvalue weighted by Gasteiger charge is 2.29. The highest BCUT2D eigenvalue weighted by molar-refractivity contribution is 6.31. The predicted octanol–water partition coefficient (Wildman–Crippen LogP) is 3.22. The van der Waals surface area contributed by atoms with Crippen molar-refractivity contribution in [1.29, 1.82) is 0 Å². The maximum Gasteiger partial charge on any atom is 0.255 e. The maximum atomic E-state index is 12.4. The second-order valence-electron chi connectivity index (χ2n) is 5.16. The second-order valence-corrected chi connectivity index (χ2v) is 5.60. The van der Waals surface area contributed by atoms with E-state index in [0.29, 0.717) is 39.1 Å². The fourth-order valence-corrected chi connectivity index (χ4v) is 2.91. The van der Waals surface area contributed by atoms with Gasteiger partial charge in [-0.1, -0.05) is 11.6 Å². The quantitative estimate of drug-likeness (QED) is 0.888. The number of amides is 1. The van der Waals surface area contributed by atoms with Crippen molar-refractivity contribution in [3.63, 3.8) is 0 Å². The van der Waals surface area contributed by atoms with Gasteiger partial charge in [0.2, 0.25) is 5.75 Å². The van der Waals surface area contributed by atoms with Gasteiger partial charge >= 0.3 is 0 Å². The molecule has 0 radical (unpaired) electrons. The first-order chi connectivity index (χ1) is 11.6. The Hall–Kier alpha value is -2.60. The van der Waals surface area contributed by atoms with E-state index >= 15 is 0 Å². The van der Waals surface area contributed by atoms with Crippen LogP contribution in [0.1, 0.15) is 22.1 Å². The van der Waals surface area contributed by atoms with Gasteiger partial charge in [0.05, 0.1) is 32.6 Å². The molecular formula is C17H17ClN2O4. The molecule has 0 aromatic heterocycles. The summed E-state index contributed by atoms with van der Waals surface area (Å²) in [5.74, 6) is 1.30. The number of nitrogens with one attached hydrogen (secondary N) is 2. The van der Waals surface area contributed by atoms with Crippen molar-refractivity contribution in [2.45, 2.75) is 6.17 Å². The summed E-state index contributed by atoms with van der Waals surface area (Å²) in [6, 6.07) is 8.66. The van der Waals surface area contributed by atoms with Crippen LogP contribution < -0.4 is 24.8 Å². The molecule has 0 saturated carbocycles. The minimum Gasteiger partial charge on any atom is -0.493 e. The van der Waals surface area contributed by atoms with Crippen molar-refractivity contribution in [1.82, 2.24) is 5.32 Å². The van der Waals surface area contributed by atoms with Crippen LogP contribution in [0.5, 0.6) is 17.2 Å². The first kappa shape index (κ1) is 16.3. The van der Waals surface area contributed by atoms with Crippen molar-refractivity contribution < 1.29 is 19.0 Å². The molecule has 6 nitrogen and oxygen atoms in total. The third-order valence-corrected chi connectivity index (χ3v) is 4.08. The lowest BCUT2D eigenvalue weighted by atomic mass is 10.0. The fourth-order valence-electron chi connectivity index (χ4n) is 2.74. The van der Waals surface area contributed by atoms with Crippen LogP contribution in [0.4, 0.5) is 5.69 Å². The molecule has 2 N–H and O–H groups in total. The number of benzene rings is 2. The normalized spacial score (nSPS) is 15.8. The van der Waals surface area contributed by atoms with Crippen LogP contribution in [-0.2, 0) is 0 Å². The molecule has 1 aliphatic heterocycles. The summed E-state index contributed by atoms with van der Waals surface area (Å²) in [6.45, 7) is 0. The summed E-state index contributed by atoms with van der Waals surface area (Å²) in [5.41, 5.74) is 1.91. The molecule has 0 saturated heterocycles. The molecule has 1 atom stereocenters. The van der Waals surface area contributed by atoms with E-state index in [1.807, 2.05) is 6.07 Å². The molecule has 0 unspecified atom stereocenters. The van der Waals surface area contributed by atoms with Gasteiger partial charge in [0.15, 0.2) is 11.5 Å². The average Bonchev–Trinajstić information content (AvgIpc) is 2.59. The Bertz CT molecular complexity index is 794. The van der Waals surface area contributed by atoms with Gasteiger partial charge in [0.1, 0.15) is 6.17 Å². The minimum atomic E-state index is -0.488. The zero-order valence-electron chi connectivity index (χ0n) is 13.5. The standard InChI is InChI=1S/C17H17ClN2O4/c1-22-13-7-6-11(14(23-2)15(13)24-3)16-19-12-8-9(18)4-5-10(12)17(21)20-16/h4-8,16,19H,1-3H3,(H,20,21)/t16-/m1/s1. The van der Waals surface area contributed by atoms with Crippen molar-refractivity contribution in [2.75, 3.05) is 26.6 Å². The lowest BCUT2D eigenvalue weighted by Crippen LogP contribution is -2.38. The number of hydrogen-bond donors (Lipinski definition) is 2. The van der Waals surface area contributed by atoms with Crippen molar-refractivity contribution in [3.05, 3.63) is 46.5 Å². The molecule has 24 heavy (non-hydrogen) atoms. The summed E-state index contributed by atoms with van der Waals surface area (Å²) < 4.78 is 16.2. The Morgan fingerprint density at radius 1 is 0.958 bits per heavy atom. The van der Waals surface area contributed by atoms with Gasteiger partial charge in [-0.25, -0.2) is 0 Å². The van der Waals surface area contributed by atoms with E-state index in [9.17, 15) is 4.79 Å². The molecule has 0 spiro atoms. The number of ether oxygens (including phenoxy) is 3. The van der Waals surface area contributed by atoms with Gasteiger partial charge in [-0.05, 0) is 30.3 Å². The monoisotopic (exact) mass is 348 g/mol. The molecule has 126 valence electrons. The zero-order valence-corrected chi connectivity index (χ0v) is 14.2. The van der Waals surface area contributed by atoms with E-state index in [2.05, 4.69) is 10.6 Å². The molecule has 1 heterocycles. The van der Waals surface area contributed by atoms with Gasteiger partial charge in [0.25, 0.3) is 5.91 Å². The zero-order chi connectivity index (χ0) is 17.3. The topological polar surface area (TPSA) is 68.8 Å². The third-order valence-electron chi connectivity index (χ3n) is 3.85. The van der Waals surface area contributed by atoms with E-state index in [1.54, 1.807) is 31.4 Å². The van der Waals surface area contributed by atoms with E-state index in [-0.39, 0.29) is 5.91 Å². The summed E-state index contributed by atoms with van der Waals surface area (Å²) in [6.07, 6.45) is -0.488. The van der Waals surface area contributed by atoms with E-state index in [4.69, 9.17) is 25.8 Å². The molecule has 2 aromatic rings. The summed E-state index contributed by atoms with van der Waals surface area (Å²) in [4.78, 5) is 12.4. The van der Waals surface area contributed by atoms with E-state index in [0.717, 1.165) is 0 Å². The average molecular weight is 349 g/mol. The number of halogens is 1. The number of carbonyl (C=O) groups excluding carboxylic acids is 1. The van der Waals surface area contributed by atoms with E-state index < -0.39 is 6.17 Å². The number of fused-ring (bicyclic) bond motifs is 1. The van der Waals surface area contributed by atoms with Crippen LogP contribution in [0, 0.1) is 0 Å². The van der Waals surface area contributed by atoms with Crippen molar-refractivity contribution >= 4 is 23.2 Å². The SMILES string of the molecule is COc1ccc([C@H]2NC(=O)c3ccc(Cl)cc3N2)c(OC)c1OC. The maximum absolute atomic E-state index is 12.4. The molecule has 1 aliphatic rings. The Morgan fingerprint density at radius 2 is 1.71 bits per heavy atom. The third kappa shape index (κ3) is 2.69. The van der Waals surface area contributed by atoms with Crippen molar-refractivity contribution in [2.24, 2.45) is 0 Å². The molecule has 3 rings (SSSR count).